The second-order valence-corrected chi connectivity index (χ2v) is 6.92. The van der Waals surface area contributed by atoms with Gasteiger partial charge in [0, 0.05) is 20.1 Å². The maximum absolute atomic E-state index is 12.5. The Morgan fingerprint density at radius 1 is 1.00 bits per heavy atom. The van der Waals surface area contributed by atoms with Crippen molar-refractivity contribution in [2.75, 3.05) is 45.2 Å². The zero-order chi connectivity index (χ0) is 20.4. The number of hydrogen-bond donors (Lipinski definition) is 2. The topological polar surface area (TPSA) is 72.9 Å². The van der Waals surface area contributed by atoms with Crippen molar-refractivity contribution in [2.45, 2.75) is 6.42 Å². The van der Waals surface area contributed by atoms with Gasteiger partial charge in [-0.25, -0.2) is 0 Å². The van der Waals surface area contributed by atoms with E-state index in [1.807, 2.05) is 35.2 Å². The van der Waals surface area contributed by atoms with Crippen LogP contribution in [0.1, 0.15) is 5.56 Å². The van der Waals surface area contributed by atoms with E-state index in [1.165, 1.54) is 10.5 Å². The third-order valence-electron chi connectivity index (χ3n) is 4.29. The summed E-state index contributed by atoms with van der Waals surface area (Å²) in [5.41, 5.74) is 1.69. The highest BCUT2D eigenvalue weighted by Gasteiger charge is 2.17. The number of aliphatic hydroxyl groups is 1. The van der Waals surface area contributed by atoms with E-state index in [2.05, 4.69) is 5.32 Å². The van der Waals surface area contributed by atoms with Crippen molar-refractivity contribution in [2.24, 2.45) is 0 Å². The molecule has 0 unspecified atom stereocenters. The van der Waals surface area contributed by atoms with Crippen LogP contribution in [0.3, 0.4) is 0 Å². The van der Waals surface area contributed by atoms with Crippen LogP contribution in [0, 0.1) is 0 Å². The summed E-state index contributed by atoms with van der Waals surface area (Å²) < 4.78 is 0. The average Bonchev–Trinajstić information content (AvgIpc) is 2.68. The van der Waals surface area contributed by atoms with Crippen molar-refractivity contribution < 1.29 is 14.7 Å². The van der Waals surface area contributed by atoms with Crippen molar-refractivity contribution in [1.29, 1.82) is 0 Å². The number of anilines is 1. The van der Waals surface area contributed by atoms with E-state index in [4.69, 9.17) is 11.6 Å². The zero-order valence-electron chi connectivity index (χ0n) is 16.0. The summed E-state index contributed by atoms with van der Waals surface area (Å²) in [6.45, 7) is 1.09. The molecule has 0 atom stereocenters. The predicted molar refractivity (Wildman–Crippen MR) is 111 cm³/mol. The second kappa shape index (κ2) is 11.4. The van der Waals surface area contributed by atoms with E-state index < -0.39 is 0 Å². The summed E-state index contributed by atoms with van der Waals surface area (Å²) in [6, 6.07) is 16.9. The van der Waals surface area contributed by atoms with Gasteiger partial charge in [0.05, 0.1) is 30.4 Å². The molecule has 2 rings (SSSR count). The van der Waals surface area contributed by atoms with E-state index in [0.717, 1.165) is 6.42 Å². The Bertz CT molecular complexity index is 771. The summed E-state index contributed by atoms with van der Waals surface area (Å²) in [5.74, 6) is -0.502. The van der Waals surface area contributed by atoms with Crippen LogP contribution in [0.25, 0.3) is 0 Å². The number of carbonyl (C=O) groups is 2. The average molecular weight is 404 g/mol. The lowest BCUT2D eigenvalue weighted by molar-refractivity contribution is -0.134. The monoisotopic (exact) mass is 403 g/mol. The van der Waals surface area contributed by atoms with E-state index in [0.29, 0.717) is 23.8 Å². The molecule has 0 radical (unpaired) electrons. The number of benzene rings is 2. The quantitative estimate of drug-likeness (QED) is 0.638. The van der Waals surface area contributed by atoms with Gasteiger partial charge < -0.3 is 15.3 Å². The molecule has 0 spiro atoms. The summed E-state index contributed by atoms with van der Waals surface area (Å²) in [4.78, 5) is 27.9. The lowest BCUT2D eigenvalue weighted by atomic mass is 10.1. The Morgan fingerprint density at radius 3 is 2.36 bits per heavy atom. The highest BCUT2D eigenvalue weighted by Crippen LogP contribution is 2.20. The number of rotatable bonds is 10. The molecule has 0 fully saturated rings. The number of likely N-dealkylation sites (N-methyl/N-ethyl adjacent to an activating group) is 1. The molecule has 2 aromatic rings. The molecule has 0 aliphatic rings. The first-order valence-corrected chi connectivity index (χ1v) is 9.53. The second-order valence-electron chi connectivity index (χ2n) is 6.51. The SMILES string of the molecule is CN(CC(=O)Nc1ccccc1Cl)C(=O)CN(CCO)CCc1ccccc1. The Hall–Kier alpha value is -2.41. The molecule has 0 saturated carbocycles. The van der Waals surface area contributed by atoms with E-state index >= 15 is 0 Å². The molecule has 2 amide bonds. The van der Waals surface area contributed by atoms with Crippen LogP contribution in [0.4, 0.5) is 5.69 Å². The summed E-state index contributed by atoms with van der Waals surface area (Å²) in [6.07, 6.45) is 0.783. The number of aliphatic hydroxyl groups excluding tert-OH is 1. The molecule has 0 bridgehead atoms. The maximum atomic E-state index is 12.5. The molecule has 0 aliphatic heterocycles. The minimum atomic E-state index is -0.318. The van der Waals surface area contributed by atoms with Crippen LogP contribution in [0.15, 0.2) is 54.6 Å². The summed E-state index contributed by atoms with van der Waals surface area (Å²) in [5, 5.41) is 12.4. The van der Waals surface area contributed by atoms with Gasteiger partial charge in [0.15, 0.2) is 0 Å². The van der Waals surface area contributed by atoms with Crippen molar-refractivity contribution >= 4 is 29.1 Å². The molecule has 7 heteroatoms. The fraction of sp³-hybridized carbons (Fsp3) is 0.333. The number of amides is 2. The smallest absolute Gasteiger partial charge is 0.244 e. The number of hydrogen-bond acceptors (Lipinski definition) is 4. The minimum Gasteiger partial charge on any atom is -0.395 e. The molecule has 28 heavy (non-hydrogen) atoms. The Kier molecular flexibility index (Phi) is 8.94. The van der Waals surface area contributed by atoms with Gasteiger partial charge in [-0.05, 0) is 24.1 Å². The van der Waals surface area contributed by atoms with Crippen molar-refractivity contribution in [3.05, 3.63) is 65.2 Å². The van der Waals surface area contributed by atoms with Gasteiger partial charge in [-0.15, -0.1) is 0 Å². The fourth-order valence-electron chi connectivity index (χ4n) is 2.71. The van der Waals surface area contributed by atoms with Crippen molar-refractivity contribution in [1.82, 2.24) is 9.80 Å². The Balaban J connectivity index is 1.84. The first kappa shape index (κ1) is 21.9. The standard InChI is InChI=1S/C21H26ClN3O3/c1-24(15-20(27)23-19-10-6-5-9-18(19)22)21(28)16-25(13-14-26)12-11-17-7-3-2-4-8-17/h2-10,26H,11-16H2,1H3,(H,23,27). The van der Waals surface area contributed by atoms with E-state index in [9.17, 15) is 14.7 Å². The van der Waals surface area contributed by atoms with Crippen molar-refractivity contribution in [3.63, 3.8) is 0 Å². The van der Waals surface area contributed by atoms with E-state index in [-0.39, 0.29) is 31.5 Å². The first-order valence-electron chi connectivity index (χ1n) is 9.15. The van der Waals surface area contributed by atoms with Crippen LogP contribution in [0.2, 0.25) is 5.02 Å². The zero-order valence-corrected chi connectivity index (χ0v) is 16.7. The molecule has 0 heterocycles. The van der Waals surface area contributed by atoms with Crippen molar-refractivity contribution in [3.8, 4) is 0 Å². The largest absolute Gasteiger partial charge is 0.395 e. The van der Waals surface area contributed by atoms with Crippen LogP contribution < -0.4 is 5.32 Å². The van der Waals surface area contributed by atoms with E-state index in [1.54, 1.807) is 31.3 Å². The van der Waals surface area contributed by atoms with Crippen LogP contribution in [0.5, 0.6) is 0 Å². The predicted octanol–water partition coefficient (Wildman–Crippen LogP) is 2.27. The third-order valence-corrected chi connectivity index (χ3v) is 4.62. The lowest BCUT2D eigenvalue weighted by Crippen LogP contribution is -2.43. The van der Waals surface area contributed by atoms with Gasteiger partial charge in [-0.3, -0.25) is 14.5 Å². The van der Waals surface area contributed by atoms with Gasteiger partial charge in [0.2, 0.25) is 11.8 Å². The molecule has 0 aromatic heterocycles. The molecule has 0 aliphatic carbocycles. The highest BCUT2D eigenvalue weighted by atomic mass is 35.5. The number of carbonyl (C=O) groups excluding carboxylic acids is 2. The minimum absolute atomic E-state index is 0.0290. The fourth-order valence-corrected chi connectivity index (χ4v) is 2.89. The molecular formula is C21H26ClN3O3. The van der Waals surface area contributed by atoms with Gasteiger partial charge in [-0.1, -0.05) is 54.1 Å². The molecule has 2 aromatic carbocycles. The summed E-state index contributed by atoms with van der Waals surface area (Å²) in [7, 11) is 1.59. The molecule has 2 N–H and O–H groups in total. The normalized spacial score (nSPS) is 10.7. The summed E-state index contributed by atoms with van der Waals surface area (Å²) >= 11 is 6.03. The first-order chi connectivity index (χ1) is 13.5. The van der Waals surface area contributed by atoms with Gasteiger partial charge in [0.1, 0.15) is 0 Å². The van der Waals surface area contributed by atoms with Gasteiger partial charge in [-0.2, -0.15) is 0 Å². The maximum Gasteiger partial charge on any atom is 0.244 e. The number of nitrogens with one attached hydrogen (secondary N) is 1. The van der Waals surface area contributed by atoms with Crippen LogP contribution >= 0.6 is 11.6 Å². The Labute approximate surface area is 170 Å². The lowest BCUT2D eigenvalue weighted by Gasteiger charge is -2.24. The van der Waals surface area contributed by atoms with Crippen LogP contribution in [-0.2, 0) is 16.0 Å². The number of halogens is 1. The molecule has 6 nitrogen and oxygen atoms in total. The van der Waals surface area contributed by atoms with Crippen LogP contribution in [-0.4, -0.2) is 66.6 Å². The highest BCUT2D eigenvalue weighted by molar-refractivity contribution is 6.33. The molecule has 150 valence electrons. The van der Waals surface area contributed by atoms with Gasteiger partial charge in [0.25, 0.3) is 0 Å². The molecular weight excluding hydrogens is 378 g/mol. The molecule has 0 saturated heterocycles. The number of para-hydroxylation sites is 1. The van der Waals surface area contributed by atoms with Gasteiger partial charge >= 0.3 is 0 Å². The number of nitrogens with zero attached hydrogens (tertiary/aromatic N) is 2. The Morgan fingerprint density at radius 2 is 1.68 bits per heavy atom. The third kappa shape index (κ3) is 7.31.